The second-order valence-electron chi connectivity index (χ2n) is 6.02. The van der Waals surface area contributed by atoms with Gasteiger partial charge in [0.15, 0.2) is 0 Å². The Balaban J connectivity index is 2.27. The van der Waals surface area contributed by atoms with Gasteiger partial charge in [-0.3, -0.25) is 10.1 Å². The van der Waals surface area contributed by atoms with Crippen LogP contribution < -0.4 is 16.4 Å². The minimum absolute atomic E-state index is 0.136. The van der Waals surface area contributed by atoms with Gasteiger partial charge in [-0.1, -0.05) is 17.7 Å². The van der Waals surface area contributed by atoms with Crippen LogP contribution in [0.4, 0.5) is 15.5 Å². The molecule has 1 aromatic heterocycles. The zero-order chi connectivity index (χ0) is 19.4. The van der Waals surface area contributed by atoms with Gasteiger partial charge in [-0.05, 0) is 45.4 Å². The molecule has 0 atom stereocenters. The number of benzene rings is 1. The molecule has 0 fully saturated rings. The molecule has 0 aliphatic heterocycles. The summed E-state index contributed by atoms with van der Waals surface area (Å²) in [6, 6.07) is 6.71. The molecule has 0 aliphatic rings. The van der Waals surface area contributed by atoms with E-state index in [0.29, 0.717) is 11.3 Å². The number of carbonyl (C=O) groups excluding carboxylic acids is 3. The van der Waals surface area contributed by atoms with Gasteiger partial charge in [-0.25, -0.2) is 9.59 Å². The van der Waals surface area contributed by atoms with Gasteiger partial charge in [-0.15, -0.1) is 11.3 Å². The number of anilines is 2. The maximum Gasteiger partial charge on any atom is 0.341 e. The van der Waals surface area contributed by atoms with Crippen LogP contribution in [0.1, 0.15) is 45.0 Å². The van der Waals surface area contributed by atoms with Crippen LogP contribution in [0.3, 0.4) is 0 Å². The van der Waals surface area contributed by atoms with Crippen LogP contribution in [-0.4, -0.2) is 24.0 Å². The van der Waals surface area contributed by atoms with Crippen molar-refractivity contribution in [2.24, 2.45) is 5.73 Å². The zero-order valence-electron chi connectivity index (χ0n) is 15.0. The van der Waals surface area contributed by atoms with Crippen LogP contribution in [0.2, 0.25) is 0 Å². The number of nitrogens with two attached hydrogens (primary N) is 1. The monoisotopic (exact) mass is 375 g/mol. The van der Waals surface area contributed by atoms with Gasteiger partial charge in [-0.2, -0.15) is 0 Å². The molecule has 1 heterocycles. The van der Waals surface area contributed by atoms with Crippen LogP contribution in [0, 0.1) is 13.8 Å². The molecule has 2 aromatic rings. The first kappa shape index (κ1) is 19.5. The normalized spacial score (nSPS) is 10.5. The van der Waals surface area contributed by atoms with E-state index in [2.05, 4.69) is 10.6 Å². The zero-order valence-corrected chi connectivity index (χ0v) is 15.8. The highest BCUT2D eigenvalue weighted by Crippen LogP contribution is 2.33. The SMILES string of the molecule is Cc1ccc(NC(=O)Nc2sc(C(N)=O)c(C)c2C(=O)OC(C)C)cc1. The molecule has 1 aromatic carbocycles. The Morgan fingerprint density at radius 1 is 1.08 bits per heavy atom. The number of thiophene rings is 1. The van der Waals surface area contributed by atoms with Crippen LogP contribution >= 0.6 is 11.3 Å². The molecular formula is C18H21N3O4S. The van der Waals surface area contributed by atoms with Gasteiger partial charge in [0.1, 0.15) is 5.00 Å². The van der Waals surface area contributed by atoms with Crippen molar-refractivity contribution in [1.29, 1.82) is 0 Å². The van der Waals surface area contributed by atoms with E-state index >= 15 is 0 Å². The maximum absolute atomic E-state index is 12.4. The van der Waals surface area contributed by atoms with Crippen molar-refractivity contribution in [3.8, 4) is 0 Å². The molecule has 0 radical (unpaired) electrons. The van der Waals surface area contributed by atoms with Crippen LogP contribution in [-0.2, 0) is 4.74 Å². The number of nitrogens with one attached hydrogen (secondary N) is 2. The first-order valence-corrected chi connectivity index (χ1v) is 8.79. The fraction of sp³-hybridized carbons (Fsp3) is 0.278. The molecule has 3 amide bonds. The molecular weight excluding hydrogens is 354 g/mol. The number of urea groups is 1. The first-order valence-electron chi connectivity index (χ1n) is 7.98. The van der Waals surface area contributed by atoms with Crippen LogP contribution in [0.5, 0.6) is 0 Å². The predicted molar refractivity (Wildman–Crippen MR) is 102 cm³/mol. The lowest BCUT2D eigenvalue weighted by molar-refractivity contribution is 0.0379. The Labute approximate surface area is 155 Å². The summed E-state index contributed by atoms with van der Waals surface area (Å²) in [5.41, 5.74) is 7.55. The highest BCUT2D eigenvalue weighted by Gasteiger charge is 2.26. The lowest BCUT2D eigenvalue weighted by Crippen LogP contribution is -2.21. The molecule has 2 rings (SSSR count). The molecule has 0 spiro atoms. The Hall–Kier alpha value is -2.87. The molecule has 0 unspecified atom stereocenters. The number of amides is 3. The first-order chi connectivity index (χ1) is 12.2. The van der Waals surface area contributed by atoms with Gasteiger partial charge in [0.25, 0.3) is 5.91 Å². The third-order valence-electron chi connectivity index (χ3n) is 3.45. The second-order valence-corrected chi connectivity index (χ2v) is 7.04. The number of rotatable bonds is 5. The van der Waals surface area contributed by atoms with Gasteiger partial charge in [0.2, 0.25) is 0 Å². The summed E-state index contributed by atoms with van der Waals surface area (Å²) in [5.74, 6) is -1.29. The average molecular weight is 375 g/mol. The van der Waals surface area contributed by atoms with Crippen LogP contribution in [0.25, 0.3) is 0 Å². The van der Waals surface area contributed by atoms with Crippen molar-refractivity contribution in [3.63, 3.8) is 0 Å². The van der Waals surface area contributed by atoms with Crippen molar-refractivity contribution in [2.45, 2.75) is 33.8 Å². The van der Waals surface area contributed by atoms with Crippen LogP contribution in [0.15, 0.2) is 24.3 Å². The highest BCUT2D eigenvalue weighted by atomic mass is 32.1. The predicted octanol–water partition coefficient (Wildman–Crippen LogP) is 3.67. The van der Waals surface area contributed by atoms with E-state index in [1.807, 2.05) is 19.1 Å². The van der Waals surface area contributed by atoms with E-state index < -0.39 is 17.9 Å². The Morgan fingerprint density at radius 2 is 1.69 bits per heavy atom. The van der Waals surface area contributed by atoms with E-state index in [9.17, 15) is 14.4 Å². The molecule has 26 heavy (non-hydrogen) atoms. The molecule has 8 heteroatoms. The van der Waals surface area contributed by atoms with Crippen molar-refractivity contribution < 1.29 is 19.1 Å². The summed E-state index contributed by atoms with van der Waals surface area (Å²) in [4.78, 5) is 36.4. The topological polar surface area (TPSA) is 111 Å². The van der Waals surface area contributed by atoms with Crippen molar-refractivity contribution in [1.82, 2.24) is 0 Å². The minimum Gasteiger partial charge on any atom is -0.459 e. The highest BCUT2D eigenvalue weighted by molar-refractivity contribution is 7.18. The van der Waals surface area contributed by atoms with E-state index in [0.717, 1.165) is 16.9 Å². The number of hydrogen-bond donors (Lipinski definition) is 3. The Morgan fingerprint density at radius 3 is 2.23 bits per heavy atom. The Bertz CT molecular complexity index is 841. The fourth-order valence-electron chi connectivity index (χ4n) is 2.26. The van der Waals surface area contributed by atoms with Gasteiger partial charge in [0.05, 0.1) is 16.5 Å². The number of aryl methyl sites for hydroxylation is 1. The van der Waals surface area contributed by atoms with E-state index in [4.69, 9.17) is 10.5 Å². The quantitative estimate of drug-likeness (QED) is 0.692. The van der Waals surface area contributed by atoms with Gasteiger partial charge in [0, 0.05) is 5.69 Å². The summed E-state index contributed by atoms with van der Waals surface area (Å²) in [7, 11) is 0. The molecule has 0 bridgehead atoms. The number of ether oxygens (including phenoxy) is 1. The molecule has 7 nitrogen and oxygen atoms in total. The summed E-state index contributed by atoms with van der Waals surface area (Å²) >= 11 is 0.944. The van der Waals surface area contributed by atoms with E-state index in [1.165, 1.54) is 0 Å². The van der Waals surface area contributed by atoms with Gasteiger partial charge < -0.3 is 15.8 Å². The summed E-state index contributed by atoms with van der Waals surface area (Å²) in [6.45, 7) is 6.96. The van der Waals surface area contributed by atoms with Crippen molar-refractivity contribution in [3.05, 3.63) is 45.8 Å². The van der Waals surface area contributed by atoms with Crippen molar-refractivity contribution in [2.75, 3.05) is 10.6 Å². The number of hydrogen-bond acceptors (Lipinski definition) is 5. The molecule has 0 saturated heterocycles. The summed E-state index contributed by atoms with van der Waals surface area (Å²) < 4.78 is 5.21. The average Bonchev–Trinajstić information content (AvgIpc) is 2.85. The largest absolute Gasteiger partial charge is 0.459 e. The second kappa shape index (κ2) is 8.01. The summed E-state index contributed by atoms with van der Waals surface area (Å²) in [5, 5.41) is 5.49. The number of carbonyl (C=O) groups is 3. The van der Waals surface area contributed by atoms with Crippen molar-refractivity contribution >= 4 is 39.9 Å². The third-order valence-corrected chi connectivity index (χ3v) is 4.68. The minimum atomic E-state index is -0.668. The Kier molecular flexibility index (Phi) is 5.99. The fourth-order valence-corrected chi connectivity index (χ4v) is 3.30. The smallest absolute Gasteiger partial charge is 0.341 e. The summed E-state index contributed by atoms with van der Waals surface area (Å²) in [6.07, 6.45) is -0.340. The van der Waals surface area contributed by atoms with Gasteiger partial charge >= 0.3 is 12.0 Å². The van der Waals surface area contributed by atoms with E-state index in [1.54, 1.807) is 32.9 Å². The van der Waals surface area contributed by atoms with E-state index in [-0.39, 0.29) is 21.5 Å². The number of primary amides is 1. The molecule has 138 valence electrons. The number of esters is 1. The lowest BCUT2D eigenvalue weighted by atomic mass is 10.1. The maximum atomic E-state index is 12.4. The third kappa shape index (κ3) is 4.60. The standard InChI is InChI=1S/C18H21N3O4S/c1-9(2)25-17(23)13-11(4)14(15(19)22)26-16(13)21-18(24)20-12-7-5-10(3)6-8-12/h5-9H,1-4H3,(H2,19,22)(H2,20,21,24). The lowest BCUT2D eigenvalue weighted by Gasteiger charge is -2.11. The molecule has 0 saturated carbocycles. The molecule has 0 aliphatic carbocycles. The molecule has 4 N–H and O–H groups in total.